The molecule has 0 amide bonds. The minimum Gasteiger partial charge on any atom is -0.462 e. The van der Waals surface area contributed by atoms with Gasteiger partial charge in [0.15, 0.2) is 0 Å². The molecule has 1 aromatic carbocycles. The van der Waals surface area contributed by atoms with Gasteiger partial charge >= 0.3 is 0 Å². The first-order valence-corrected chi connectivity index (χ1v) is 13.5. The smallest absolute Gasteiger partial charge is 0.293 e. The third-order valence-corrected chi connectivity index (χ3v) is 7.23. The first-order valence-electron chi connectivity index (χ1n) is 9.88. The Morgan fingerprint density at radius 1 is 1.15 bits per heavy atom. The standard InChI is InChI=1S/C17H27NOSi.C5H10O2/c1-13(19)17(20(2,3)4)16-7-5-14(6-8-16)15-9-11-18-12-10-15;1-5(2,3)7-4-6/h5-8,15,17-18H,9-12H2,1-4H3;4H,1-3H3. The Labute approximate surface area is 166 Å². The summed E-state index contributed by atoms with van der Waals surface area (Å²) in [6, 6.07) is 8.90. The fraction of sp³-hybridized carbons (Fsp3) is 0.636. The predicted molar refractivity (Wildman–Crippen MR) is 115 cm³/mol. The molecule has 0 aromatic heterocycles. The number of hydrogen-bond acceptors (Lipinski definition) is 4. The van der Waals surface area contributed by atoms with Gasteiger partial charge in [0, 0.05) is 5.54 Å². The van der Waals surface area contributed by atoms with Gasteiger partial charge in [-0.05, 0) is 70.7 Å². The van der Waals surface area contributed by atoms with Crippen molar-refractivity contribution in [1.82, 2.24) is 5.32 Å². The Morgan fingerprint density at radius 2 is 1.67 bits per heavy atom. The lowest BCUT2D eigenvalue weighted by molar-refractivity contribution is -0.138. The monoisotopic (exact) mass is 391 g/mol. The van der Waals surface area contributed by atoms with Gasteiger partial charge in [-0.15, -0.1) is 0 Å². The van der Waals surface area contributed by atoms with Gasteiger partial charge in [-0.3, -0.25) is 9.59 Å². The molecule has 152 valence electrons. The molecule has 2 rings (SSSR count). The van der Waals surface area contributed by atoms with E-state index in [1.807, 2.05) is 20.8 Å². The van der Waals surface area contributed by atoms with Gasteiger partial charge in [0.2, 0.25) is 0 Å². The number of carbonyl (C=O) groups is 2. The van der Waals surface area contributed by atoms with Crippen LogP contribution >= 0.6 is 0 Å². The molecule has 1 heterocycles. The van der Waals surface area contributed by atoms with Crippen LogP contribution in [0, 0.1) is 0 Å². The van der Waals surface area contributed by atoms with Gasteiger partial charge in [0.1, 0.15) is 11.4 Å². The molecule has 0 radical (unpaired) electrons. The largest absolute Gasteiger partial charge is 0.462 e. The van der Waals surface area contributed by atoms with E-state index in [-0.39, 0.29) is 11.1 Å². The van der Waals surface area contributed by atoms with Crippen LogP contribution in [-0.4, -0.2) is 39.0 Å². The molecule has 1 unspecified atom stereocenters. The summed E-state index contributed by atoms with van der Waals surface area (Å²) in [6.07, 6.45) is 2.45. The van der Waals surface area contributed by atoms with Crippen molar-refractivity contribution in [2.75, 3.05) is 13.1 Å². The molecule has 0 saturated carbocycles. The number of nitrogens with one attached hydrogen (secondary N) is 1. The highest BCUT2D eigenvalue weighted by Crippen LogP contribution is 2.31. The molecule has 1 saturated heterocycles. The van der Waals surface area contributed by atoms with E-state index in [4.69, 9.17) is 0 Å². The lowest BCUT2D eigenvalue weighted by Crippen LogP contribution is -2.35. The SMILES string of the molecule is CC(=O)C(c1ccc(C2CCNCC2)cc1)[Si](C)(C)C.CC(C)(C)OC=O. The highest BCUT2D eigenvalue weighted by molar-refractivity contribution is 6.80. The highest BCUT2D eigenvalue weighted by Gasteiger charge is 2.31. The number of carbonyl (C=O) groups excluding carboxylic acids is 2. The van der Waals surface area contributed by atoms with Gasteiger partial charge in [-0.2, -0.15) is 0 Å². The summed E-state index contributed by atoms with van der Waals surface area (Å²) >= 11 is 0. The van der Waals surface area contributed by atoms with Crippen molar-refractivity contribution in [3.8, 4) is 0 Å². The van der Waals surface area contributed by atoms with Crippen molar-refractivity contribution in [3.05, 3.63) is 35.4 Å². The van der Waals surface area contributed by atoms with Crippen LogP contribution in [0.2, 0.25) is 19.6 Å². The van der Waals surface area contributed by atoms with Crippen molar-refractivity contribution in [3.63, 3.8) is 0 Å². The van der Waals surface area contributed by atoms with Crippen LogP contribution in [-0.2, 0) is 14.3 Å². The van der Waals surface area contributed by atoms with E-state index >= 15 is 0 Å². The zero-order valence-corrected chi connectivity index (χ0v) is 19.1. The first-order chi connectivity index (χ1) is 12.5. The molecular formula is C22H37NO3Si. The average molecular weight is 392 g/mol. The molecule has 4 nitrogen and oxygen atoms in total. The van der Waals surface area contributed by atoms with E-state index in [0.29, 0.717) is 18.2 Å². The Balaban J connectivity index is 0.000000445. The number of hydrogen-bond donors (Lipinski definition) is 1. The van der Waals surface area contributed by atoms with E-state index in [2.05, 4.69) is 54.0 Å². The molecule has 0 spiro atoms. The number of rotatable bonds is 5. The van der Waals surface area contributed by atoms with E-state index in [1.165, 1.54) is 24.0 Å². The van der Waals surface area contributed by atoms with E-state index in [0.717, 1.165) is 13.1 Å². The Kier molecular flexibility index (Phi) is 8.89. The summed E-state index contributed by atoms with van der Waals surface area (Å²) in [7, 11) is -1.51. The Hall–Kier alpha value is -1.46. The van der Waals surface area contributed by atoms with Crippen molar-refractivity contribution < 1.29 is 14.3 Å². The summed E-state index contributed by atoms with van der Waals surface area (Å²) in [5, 5.41) is 3.41. The summed E-state index contributed by atoms with van der Waals surface area (Å²) in [4.78, 5) is 21.6. The topological polar surface area (TPSA) is 55.4 Å². The minimum absolute atomic E-state index is 0.129. The normalized spacial score (nSPS) is 16.7. The molecule has 0 aliphatic carbocycles. The fourth-order valence-electron chi connectivity index (χ4n) is 3.60. The summed E-state index contributed by atoms with van der Waals surface area (Å²) < 4.78 is 4.55. The average Bonchev–Trinajstić information content (AvgIpc) is 2.54. The van der Waals surface area contributed by atoms with Crippen LogP contribution in [0.4, 0.5) is 0 Å². The zero-order valence-electron chi connectivity index (χ0n) is 18.1. The number of Topliss-reactive ketones (excluding diaryl/α,β-unsaturated/α-hetero) is 1. The lowest BCUT2D eigenvalue weighted by Gasteiger charge is -2.28. The van der Waals surface area contributed by atoms with Crippen LogP contribution < -0.4 is 5.32 Å². The zero-order chi connectivity index (χ0) is 20.7. The van der Waals surface area contributed by atoms with Gasteiger partial charge < -0.3 is 10.1 Å². The second kappa shape index (κ2) is 10.2. The number of ether oxygens (including phenoxy) is 1. The maximum absolute atomic E-state index is 12.0. The third kappa shape index (κ3) is 8.39. The summed E-state index contributed by atoms with van der Waals surface area (Å²) in [5.74, 6) is 1.01. The van der Waals surface area contributed by atoms with E-state index < -0.39 is 8.07 Å². The van der Waals surface area contributed by atoms with Crippen LogP contribution in [0.25, 0.3) is 0 Å². The Bertz CT molecular complexity index is 593. The molecule has 1 aromatic rings. The first kappa shape index (κ1) is 23.6. The predicted octanol–water partition coefficient (Wildman–Crippen LogP) is 4.66. The highest BCUT2D eigenvalue weighted by atomic mass is 28.3. The van der Waals surface area contributed by atoms with Crippen LogP contribution in [0.1, 0.15) is 63.1 Å². The Morgan fingerprint density at radius 3 is 2.00 bits per heavy atom. The number of ketones is 1. The lowest BCUT2D eigenvalue weighted by atomic mass is 9.89. The summed E-state index contributed by atoms with van der Waals surface area (Å²) in [5.41, 5.74) is 2.47. The fourth-order valence-corrected chi connectivity index (χ4v) is 6.02. The van der Waals surface area contributed by atoms with Crippen LogP contribution in [0.15, 0.2) is 24.3 Å². The van der Waals surface area contributed by atoms with Crippen molar-refractivity contribution in [2.24, 2.45) is 0 Å². The molecular weight excluding hydrogens is 354 g/mol. The van der Waals surface area contributed by atoms with Crippen molar-refractivity contribution in [1.29, 1.82) is 0 Å². The van der Waals surface area contributed by atoms with E-state index in [1.54, 1.807) is 6.92 Å². The number of benzene rings is 1. The summed E-state index contributed by atoms with van der Waals surface area (Å²) in [6.45, 7) is 16.7. The van der Waals surface area contributed by atoms with Crippen LogP contribution in [0.3, 0.4) is 0 Å². The van der Waals surface area contributed by atoms with Crippen LogP contribution in [0.5, 0.6) is 0 Å². The molecule has 1 aliphatic heterocycles. The molecule has 27 heavy (non-hydrogen) atoms. The third-order valence-electron chi connectivity index (χ3n) is 4.75. The van der Waals surface area contributed by atoms with Gasteiger partial charge in [0.25, 0.3) is 6.47 Å². The van der Waals surface area contributed by atoms with E-state index in [9.17, 15) is 9.59 Å². The molecule has 0 bridgehead atoms. The second-order valence-electron chi connectivity index (χ2n) is 9.43. The van der Waals surface area contributed by atoms with Crippen molar-refractivity contribution in [2.45, 2.75) is 77.2 Å². The van der Waals surface area contributed by atoms with Gasteiger partial charge in [0.05, 0.1) is 8.07 Å². The number of piperidine rings is 1. The molecule has 1 atom stereocenters. The van der Waals surface area contributed by atoms with Gasteiger partial charge in [-0.25, -0.2) is 0 Å². The van der Waals surface area contributed by atoms with Crippen molar-refractivity contribution >= 4 is 20.3 Å². The van der Waals surface area contributed by atoms with Gasteiger partial charge in [-0.1, -0.05) is 43.9 Å². The molecule has 5 heteroatoms. The quantitative estimate of drug-likeness (QED) is 0.586. The molecule has 1 aliphatic rings. The maximum Gasteiger partial charge on any atom is 0.293 e. The minimum atomic E-state index is -1.51. The molecule has 1 N–H and O–H groups in total. The molecule has 1 fully saturated rings. The maximum atomic E-state index is 12.0. The second-order valence-corrected chi connectivity index (χ2v) is 14.7.